The van der Waals surface area contributed by atoms with Crippen molar-refractivity contribution in [3.05, 3.63) is 51.7 Å². The number of hydrogen-bond donors (Lipinski definition) is 2. The molecule has 0 bridgehead atoms. The smallest absolute Gasteiger partial charge is 0.369 e. The van der Waals surface area contributed by atoms with E-state index in [0.29, 0.717) is 31.6 Å². The molecule has 10 heteroatoms. The van der Waals surface area contributed by atoms with Crippen LogP contribution >= 0.6 is 23.7 Å². The van der Waals surface area contributed by atoms with Gasteiger partial charge in [-0.25, -0.2) is 0 Å². The summed E-state index contributed by atoms with van der Waals surface area (Å²) in [5, 5.41) is 14.5. The molecule has 0 radical (unpaired) electrons. The van der Waals surface area contributed by atoms with Crippen LogP contribution in [0.2, 0.25) is 0 Å². The highest BCUT2D eigenvalue weighted by molar-refractivity contribution is 7.09. The first-order valence-corrected chi connectivity index (χ1v) is 9.60. The number of carbonyl (C=O) groups excluding carboxylic acids is 1. The average molecular weight is 445 g/mol. The molecule has 1 fully saturated rings. The van der Waals surface area contributed by atoms with E-state index in [0.717, 1.165) is 17.0 Å². The summed E-state index contributed by atoms with van der Waals surface area (Å²) in [6.07, 6.45) is -3.30. The minimum Gasteiger partial charge on any atom is -0.369 e. The standard InChI is InChI=1S/C19H19F3N4OS.ClH/c20-19(21,22)13-3-4-17(12(8-13)10-23)26-6-5-14(11-26)25-16(18(24)27)9-15-2-1-7-28-15;/h1-4,7-8,14,16,25H,5-6,9,11H2,(H2,24,27);1H/t14-,16-;/m0./s1. The number of amides is 1. The van der Waals surface area contributed by atoms with E-state index in [1.807, 2.05) is 28.5 Å². The maximum Gasteiger partial charge on any atom is 0.416 e. The maximum absolute atomic E-state index is 12.9. The Kier molecular flexibility index (Phi) is 7.52. The van der Waals surface area contributed by atoms with E-state index in [9.17, 15) is 23.2 Å². The van der Waals surface area contributed by atoms with E-state index >= 15 is 0 Å². The van der Waals surface area contributed by atoms with Crippen molar-refractivity contribution in [2.24, 2.45) is 5.73 Å². The summed E-state index contributed by atoms with van der Waals surface area (Å²) in [5.41, 5.74) is 5.13. The van der Waals surface area contributed by atoms with Gasteiger partial charge in [0.15, 0.2) is 0 Å². The van der Waals surface area contributed by atoms with Gasteiger partial charge >= 0.3 is 6.18 Å². The number of benzene rings is 1. The van der Waals surface area contributed by atoms with Gasteiger partial charge in [-0.2, -0.15) is 18.4 Å². The number of rotatable bonds is 6. The Balaban J connectivity index is 0.00000300. The Labute approximate surface area is 176 Å². The Hall–Kier alpha value is -2.28. The number of carbonyl (C=O) groups is 1. The van der Waals surface area contributed by atoms with Crippen molar-refractivity contribution in [3.8, 4) is 6.07 Å². The number of hydrogen-bond acceptors (Lipinski definition) is 5. The number of nitrogens with two attached hydrogens (primary N) is 1. The average Bonchev–Trinajstić information content (AvgIpc) is 3.31. The molecule has 1 saturated heterocycles. The van der Waals surface area contributed by atoms with E-state index in [-0.39, 0.29) is 24.0 Å². The summed E-state index contributed by atoms with van der Waals surface area (Å²) in [4.78, 5) is 14.7. The van der Waals surface area contributed by atoms with Crippen LogP contribution in [0.3, 0.4) is 0 Å². The first-order chi connectivity index (χ1) is 13.3. The normalized spacial score (nSPS) is 17.4. The molecule has 0 saturated carbocycles. The molecule has 2 aromatic rings. The quantitative estimate of drug-likeness (QED) is 0.716. The van der Waals surface area contributed by atoms with Crippen LogP contribution in [0.4, 0.5) is 18.9 Å². The maximum atomic E-state index is 12.9. The molecule has 1 aromatic heterocycles. The van der Waals surface area contributed by atoms with Crippen molar-refractivity contribution in [2.75, 3.05) is 18.0 Å². The van der Waals surface area contributed by atoms with Gasteiger partial charge in [0.2, 0.25) is 5.91 Å². The zero-order valence-corrected chi connectivity index (χ0v) is 16.9. The molecule has 0 aliphatic carbocycles. The lowest BCUT2D eigenvalue weighted by atomic mass is 10.1. The Morgan fingerprint density at radius 1 is 1.41 bits per heavy atom. The largest absolute Gasteiger partial charge is 0.416 e. The van der Waals surface area contributed by atoms with Crippen molar-refractivity contribution in [2.45, 2.75) is 31.1 Å². The zero-order valence-electron chi connectivity index (χ0n) is 15.3. The third-order valence-electron chi connectivity index (χ3n) is 4.74. The lowest BCUT2D eigenvalue weighted by Gasteiger charge is -2.23. The van der Waals surface area contributed by atoms with Crippen LogP contribution in [0.15, 0.2) is 35.7 Å². The molecular formula is C19H20ClF3N4OS. The van der Waals surface area contributed by atoms with Crippen LogP contribution in [0.5, 0.6) is 0 Å². The van der Waals surface area contributed by atoms with E-state index in [1.54, 1.807) is 11.3 Å². The number of nitrogens with zero attached hydrogens (tertiary/aromatic N) is 2. The summed E-state index contributed by atoms with van der Waals surface area (Å²) >= 11 is 1.55. The zero-order chi connectivity index (χ0) is 20.3. The van der Waals surface area contributed by atoms with Crippen molar-refractivity contribution >= 4 is 35.3 Å². The van der Waals surface area contributed by atoms with Gasteiger partial charge in [-0.05, 0) is 36.1 Å². The molecule has 2 heterocycles. The summed E-state index contributed by atoms with van der Waals surface area (Å²) in [7, 11) is 0. The van der Waals surface area contributed by atoms with Gasteiger partial charge in [0.25, 0.3) is 0 Å². The summed E-state index contributed by atoms with van der Waals surface area (Å²) < 4.78 is 38.6. The first-order valence-electron chi connectivity index (χ1n) is 8.72. The van der Waals surface area contributed by atoms with Gasteiger partial charge in [-0.15, -0.1) is 23.7 Å². The van der Waals surface area contributed by atoms with Gasteiger partial charge in [0, 0.05) is 30.4 Å². The monoisotopic (exact) mass is 444 g/mol. The van der Waals surface area contributed by atoms with Crippen molar-refractivity contribution < 1.29 is 18.0 Å². The number of thiophene rings is 1. The highest BCUT2D eigenvalue weighted by Gasteiger charge is 2.33. The fourth-order valence-corrected chi connectivity index (χ4v) is 4.10. The molecule has 1 aliphatic rings. The molecule has 29 heavy (non-hydrogen) atoms. The molecule has 1 amide bonds. The lowest BCUT2D eigenvalue weighted by Crippen LogP contribution is -2.48. The summed E-state index contributed by atoms with van der Waals surface area (Å²) in [5.74, 6) is -0.445. The van der Waals surface area contributed by atoms with Gasteiger partial charge in [-0.3, -0.25) is 4.79 Å². The molecule has 2 atom stereocenters. The number of nitriles is 1. The highest BCUT2D eigenvalue weighted by Crippen LogP contribution is 2.33. The predicted molar refractivity (Wildman–Crippen MR) is 108 cm³/mol. The molecule has 3 rings (SSSR count). The third-order valence-corrected chi connectivity index (χ3v) is 5.64. The van der Waals surface area contributed by atoms with Gasteiger partial charge in [0.1, 0.15) is 6.07 Å². The molecule has 5 nitrogen and oxygen atoms in total. The van der Waals surface area contributed by atoms with Crippen LogP contribution < -0.4 is 16.0 Å². The summed E-state index contributed by atoms with van der Waals surface area (Å²) in [6.45, 7) is 1.05. The highest BCUT2D eigenvalue weighted by atomic mass is 35.5. The van der Waals surface area contributed by atoms with E-state index in [1.165, 1.54) is 6.07 Å². The minimum absolute atomic E-state index is 0. The number of primary amides is 1. The summed E-state index contributed by atoms with van der Waals surface area (Å²) in [6, 6.07) is 8.32. The number of halogens is 4. The van der Waals surface area contributed by atoms with Crippen LogP contribution in [0, 0.1) is 11.3 Å². The first kappa shape index (κ1) is 23.0. The van der Waals surface area contributed by atoms with Gasteiger partial charge in [-0.1, -0.05) is 6.07 Å². The second kappa shape index (κ2) is 9.48. The number of alkyl halides is 3. The Morgan fingerprint density at radius 2 is 2.17 bits per heavy atom. The molecule has 156 valence electrons. The molecule has 1 aliphatic heterocycles. The molecule has 0 unspecified atom stereocenters. The molecule has 3 N–H and O–H groups in total. The van der Waals surface area contributed by atoms with E-state index in [4.69, 9.17) is 5.73 Å². The third kappa shape index (κ3) is 5.63. The second-order valence-electron chi connectivity index (χ2n) is 6.68. The number of anilines is 1. The van der Waals surface area contributed by atoms with E-state index < -0.39 is 23.7 Å². The lowest BCUT2D eigenvalue weighted by molar-refractivity contribution is -0.137. The molecule has 0 spiro atoms. The fraction of sp³-hybridized carbons (Fsp3) is 0.368. The van der Waals surface area contributed by atoms with Gasteiger partial charge < -0.3 is 16.0 Å². The molecular weight excluding hydrogens is 425 g/mol. The Morgan fingerprint density at radius 3 is 2.76 bits per heavy atom. The SMILES string of the molecule is Cl.N#Cc1cc(C(F)(F)F)ccc1N1CC[C@H](N[C@@H](Cc2cccs2)C(N)=O)C1. The van der Waals surface area contributed by atoms with Crippen LogP contribution in [-0.2, 0) is 17.4 Å². The topological polar surface area (TPSA) is 82.2 Å². The van der Waals surface area contributed by atoms with Crippen LogP contribution in [-0.4, -0.2) is 31.1 Å². The Bertz CT molecular complexity index is 883. The minimum atomic E-state index is -4.49. The second-order valence-corrected chi connectivity index (χ2v) is 7.71. The van der Waals surface area contributed by atoms with Crippen LogP contribution in [0.1, 0.15) is 22.4 Å². The fourth-order valence-electron chi connectivity index (χ4n) is 3.35. The van der Waals surface area contributed by atoms with E-state index in [2.05, 4.69) is 5.32 Å². The molecule has 1 aromatic carbocycles. The number of nitrogens with one attached hydrogen (secondary N) is 1. The van der Waals surface area contributed by atoms with Gasteiger partial charge in [0.05, 0.1) is 22.9 Å². The van der Waals surface area contributed by atoms with Crippen LogP contribution in [0.25, 0.3) is 0 Å². The predicted octanol–water partition coefficient (Wildman–Crippen LogP) is 3.33. The van der Waals surface area contributed by atoms with Crippen molar-refractivity contribution in [1.29, 1.82) is 5.26 Å². The van der Waals surface area contributed by atoms with Crippen molar-refractivity contribution in [1.82, 2.24) is 5.32 Å². The van der Waals surface area contributed by atoms with Crippen molar-refractivity contribution in [3.63, 3.8) is 0 Å².